The smallest absolute Gasteiger partial charge is 0.0220 e. The highest BCUT2D eigenvalue weighted by atomic mass is 15.2. The summed E-state index contributed by atoms with van der Waals surface area (Å²) in [6, 6.07) is 1.45. The molecule has 0 spiro atoms. The van der Waals surface area contributed by atoms with E-state index < -0.39 is 0 Å². The lowest BCUT2D eigenvalue weighted by atomic mass is 9.68. The Bertz CT molecular complexity index is 303. The van der Waals surface area contributed by atoms with Crippen molar-refractivity contribution in [2.75, 3.05) is 40.8 Å². The fourth-order valence-corrected chi connectivity index (χ4v) is 4.65. The average Bonchev–Trinajstić information content (AvgIpc) is 2.74. The maximum absolute atomic E-state index is 3.61. The van der Waals surface area contributed by atoms with Crippen LogP contribution in [0.4, 0.5) is 0 Å². The molecule has 1 heterocycles. The molecular formula is C17H35N3. The molecule has 1 saturated carbocycles. The van der Waals surface area contributed by atoms with E-state index in [9.17, 15) is 0 Å². The molecule has 0 amide bonds. The summed E-state index contributed by atoms with van der Waals surface area (Å²) in [4.78, 5) is 5.12. The zero-order valence-corrected chi connectivity index (χ0v) is 14.3. The van der Waals surface area contributed by atoms with Crippen LogP contribution in [0.2, 0.25) is 0 Å². The number of hydrogen-bond donors (Lipinski definition) is 1. The summed E-state index contributed by atoms with van der Waals surface area (Å²) in [7, 11) is 6.75. The van der Waals surface area contributed by atoms with Gasteiger partial charge < -0.3 is 15.1 Å². The molecule has 0 aromatic heterocycles. The van der Waals surface area contributed by atoms with Gasteiger partial charge in [-0.15, -0.1) is 0 Å². The molecule has 0 bridgehead atoms. The maximum atomic E-state index is 3.61. The van der Waals surface area contributed by atoms with E-state index in [2.05, 4.69) is 50.1 Å². The molecule has 20 heavy (non-hydrogen) atoms. The van der Waals surface area contributed by atoms with E-state index in [1.807, 2.05) is 0 Å². The highest BCUT2D eigenvalue weighted by Crippen LogP contribution is 2.39. The van der Waals surface area contributed by atoms with Crippen molar-refractivity contribution in [3.05, 3.63) is 0 Å². The number of likely N-dealkylation sites (N-methyl/N-ethyl adjacent to an activating group) is 2. The van der Waals surface area contributed by atoms with Crippen molar-refractivity contribution >= 4 is 0 Å². The molecule has 3 unspecified atom stereocenters. The van der Waals surface area contributed by atoms with Gasteiger partial charge in [-0.25, -0.2) is 0 Å². The fraction of sp³-hybridized carbons (Fsp3) is 1.00. The molecule has 1 aliphatic carbocycles. The average molecular weight is 281 g/mol. The third-order valence-electron chi connectivity index (χ3n) is 5.76. The van der Waals surface area contributed by atoms with E-state index >= 15 is 0 Å². The molecule has 2 fully saturated rings. The molecule has 1 saturated heterocycles. The molecule has 1 aliphatic heterocycles. The molecule has 3 heteroatoms. The second-order valence-electron chi connectivity index (χ2n) is 7.91. The first-order valence-corrected chi connectivity index (χ1v) is 8.50. The minimum Gasteiger partial charge on any atom is -0.316 e. The second kappa shape index (κ2) is 6.76. The summed E-state index contributed by atoms with van der Waals surface area (Å²) in [6.45, 7) is 8.65. The molecule has 1 N–H and O–H groups in total. The summed E-state index contributed by atoms with van der Waals surface area (Å²) in [6.07, 6.45) is 6.91. The van der Waals surface area contributed by atoms with Gasteiger partial charge in [0.15, 0.2) is 0 Å². The first-order chi connectivity index (χ1) is 9.44. The van der Waals surface area contributed by atoms with Crippen LogP contribution in [0.15, 0.2) is 0 Å². The quantitative estimate of drug-likeness (QED) is 0.835. The molecule has 0 aromatic carbocycles. The van der Waals surface area contributed by atoms with Crippen LogP contribution in [0.25, 0.3) is 0 Å². The zero-order chi connectivity index (χ0) is 14.8. The molecule has 3 nitrogen and oxygen atoms in total. The first-order valence-electron chi connectivity index (χ1n) is 8.50. The van der Waals surface area contributed by atoms with Crippen LogP contribution in [0, 0.1) is 11.3 Å². The second-order valence-corrected chi connectivity index (χ2v) is 7.91. The summed E-state index contributed by atoms with van der Waals surface area (Å²) in [5, 5.41) is 3.61. The van der Waals surface area contributed by atoms with Gasteiger partial charge in [0.25, 0.3) is 0 Å². The molecule has 0 aromatic rings. The van der Waals surface area contributed by atoms with Gasteiger partial charge in [0, 0.05) is 25.2 Å². The van der Waals surface area contributed by atoms with Gasteiger partial charge in [-0.05, 0) is 64.7 Å². The van der Waals surface area contributed by atoms with Crippen molar-refractivity contribution in [3.63, 3.8) is 0 Å². The minimum absolute atomic E-state index is 0.447. The SMILES string of the molecule is CNC1C(CN(C)CC2CCCN2C)CCCC1(C)C. The van der Waals surface area contributed by atoms with Gasteiger partial charge in [-0.2, -0.15) is 0 Å². The van der Waals surface area contributed by atoms with Gasteiger partial charge in [-0.3, -0.25) is 0 Å². The Morgan fingerprint density at radius 2 is 1.95 bits per heavy atom. The molecule has 3 atom stereocenters. The van der Waals surface area contributed by atoms with Crippen LogP contribution in [0.1, 0.15) is 46.0 Å². The van der Waals surface area contributed by atoms with Crippen LogP contribution >= 0.6 is 0 Å². The molecular weight excluding hydrogens is 246 g/mol. The van der Waals surface area contributed by atoms with Crippen molar-refractivity contribution in [3.8, 4) is 0 Å². The summed E-state index contributed by atoms with van der Waals surface area (Å²) >= 11 is 0. The standard InChI is InChI=1S/C17H35N3/c1-17(2)10-6-8-14(16(17)18-3)12-19(4)13-15-9-7-11-20(15)5/h14-16,18H,6-13H2,1-5H3. The Morgan fingerprint density at radius 1 is 1.20 bits per heavy atom. The van der Waals surface area contributed by atoms with E-state index in [1.165, 1.54) is 51.7 Å². The van der Waals surface area contributed by atoms with Crippen LogP contribution in [0.3, 0.4) is 0 Å². The van der Waals surface area contributed by atoms with Crippen LogP contribution in [-0.4, -0.2) is 62.7 Å². The Balaban J connectivity index is 1.87. The van der Waals surface area contributed by atoms with Crippen molar-refractivity contribution in [1.29, 1.82) is 0 Å². The summed E-state index contributed by atoms with van der Waals surface area (Å²) in [5.41, 5.74) is 0.447. The molecule has 2 rings (SSSR count). The minimum atomic E-state index is 0.447. The number of rotatable bonds is 5. The monoisotopic (exact) mass is 281 g/mol. The van der Waals surface area contributed by atoms with Crippen molar-refractivity contribution in [2.24, 2.45) is 11.3 Å². The molecule has 0 radical (unpaired) electrons. The van der Waals surface area contributed by atoms with Gasteiger partial charge in [0.2, 0.25) is 0 Å². The van der Waals surface area contributed by atoms with Gasteiger partial charge in [-0.1, -0.05) is 20.3 Å². The number of nitrogens with zero attached hydrogens (tertiary/aromatic N) is 2. The van der Waals surface area contributed by atoms with E-state index in [0.29, 0.717) is 11.5 Å². The lowest BCUT2D eigenvalue weighted by Gasteiger charge is -2.45. The van der Waals surface area contributed by atoms with Crippen LogP contribution in [-0.2, 0) is 0 Å². The predicted molar refractivity (Wildman–Crippen MR) is 87.1 cm³/mol. The van der Waals surface area contributed by atoms with Crippen LogP contribution < -0.4 is 5.32 Å². The third kappa shape index (κ3) is 3.75. The van der Waals surface area contributed by atoms with Crippen molar-refractivity contribution in [2.45, 2.75) is 58.0 Å². The lowest BCUT2D eigenvalue weighted by molar-refractivity contribution is 0.0843. The first kappa shape index (κ1) is 16.3. The Labute approximate surface area is 126 Å². The van der Waals surface area contributed by atoms with Crippen LogP contribution in [0.5, 0.6) is 0 Å². The van der Waals surface area contributed by atoms with E-state index in [0.717, 1.165) is 12.0 Å². The number of hydrogen-bond acceptors (Lipinski definition) is 3. The zero-order valence-electron chi connectivity index (χ0n) is 14.3. The Hall–Kier alpha value is -0.120. The lowest BCUT2D eigenvalue weighted by Crippen LogP contribution is -2.52. The van der Waals surface area contributed by atoms with Gasteiger partial charge in [0.05, 0.1) is 0 Å². The Kier molecular flexibility index (Phi) is 5.49. The predicted octanol–water partition coefficient (Wildman–Crippen LogP) is 2.43. The normalized spacial score (nSPS) is 34.8. The van der Waals surface area contributed by atoms with E-state index in [1.54, 1.807) is 0 Å². The molecule has 2 aliphatic rings. The largest absolute Gasteiger partial charge is 0.316 e. The van der Waals surface area contributed by atoms with Gasteiger partial charge >= 0.3 is 0 Å². The van der Waals surface area contributed by atoms with Gasteiger partial charge in [0.1, 0.15) is 0 Å². The van der Waals surface area contributed by atoms with E-state index in [4.69, 9.17) is 0 Å². The van der Waals surface area contributed by atoms with Crippen molar-refractivity contribution < 1.29 is 0 Å². The highest BCUT2D eigenvalue weighted by Gasteiger charge is 2.38. The number of likely N-dealkylation sites (tertiary alicyclic amines) is 1. The van der Waals surface area contributed by atoms with Crippen molar-refractivity contribution in [1.82, 2.24) is 15.1 Å². The molecule has 118 valence electrons. The van der Waals surface area contributed by atoms with E-state index in [-0.39, 0.29) is 0 Å². The maximum Gasteiger partial charge on any atom is 0.0220 e. The fourth-order valence-electron chi connectivity index (χ4n) is 4.65. The Morgan fingerprint density at radius 3 is 2.55 bits per heavy atom. The summed E-state index contributed by atoms with van der Waals surface area (Å²) in [5.74, 6) is 0.806. The highest BCUT2D eigenvalue weighted by molar-refractivity contribution is 4.94. The number of nitrogens with one attached hydrogen (secondary N) is 1. The summed E-state index contributed by atoms with van der Waals surface area (Å²) < 4.78 is 0. The third-order valence-corrected chi connectivity index (χ3v) is 5.76. The topological polar surface area (TPSA) is 18.5 Å².